The summed E-state index contributed by atoms with van der Waals surface area (Å²) in [4.78, 5) is 27.9. The Labute approximate surface area is 211 Å². The predicted molar refractivity (Wildman–Crippen MR) is 133 cm³/mol. The average Bonchev–Trinajstić information content (AvgIpc) is 3.45. The number of hydrogen-bond donors (Lipinski definition) is 1. The molecular formula is C25H19Cl2N3O3S. The Morgan fingerprint density at radius 1 is 1.18 bits per heavy atom. The van der Waals surface area contributed by atoms with Crippen LogP contribution in [0.4, 0.5) is 5.69 Å². The van der Waals surface area contributed by atoms with Crippen LogP contribution in [0.2, 0.25) is 10.0 Å². The summed E-state index contributed by atoms with van der Waals surface area (Å²) in [6.45, 7) is 2.07. The van der Waals surface area contributed by atoms with Crippen molar-refractivity contribution in [3.05, 3.63) is 98.4 Å². The van der Waals surface area contributed by atoms with Crippen molar-refractivity contribution in [2.24, 2.45) is 0 Å². The van der Waals surface area contributed by atoms with Gasteiger partial charge in [-0.1, -0.05) is 58.7 Å². The Morgan fingerprint density at radius 3 is 2.59 bits per heavy atom. The minimum Gasteiger partial charge on any atom is -0.467 e. The van der Waals surface area contributed by atoms with E-state index in [9.17, 15) is 14.9 Å². The first-order chi connectivity index (χ1) is 16.4. The Balaban J connectivity index is 1.68. The maximum Gasteiger partial charge on any atom is 0.265 e. The zero-order valence-electron chi connectivity index (χ0n) is 18.0. The summed E-state index contributed by atoms with van der Waals surface area (Å²) in [7, 11) is 0. The van der Waals surface area contributed by atoms with Crippen LogP contribution in [0.15, 0.2) is 75.9 Å². The number of benzene rings is 2. The molecule has 0 bridgehead atoms. The highest BCUT2D eigenvalue weighted by Crippen LogP contribution is 2.42. The van der Waals surface area contributed by atoms with Crippen molar-refractivity contribution in [2.75, 3.05) is 4.90 Å². The molecule has 2 amide bonds. The fraction of sp³-hybridized carbons (Fsp3) is 0.160. The number of carbonyl (C=O) groups excluding carboxylic acids is 2. The molecule has 1 aromatic heterocycles. The zero-order valence-corrected chi connectivity index (χ0v) is 20.4. The van der Waals surface area contributed by atoms with Crippen LogP contribution in [0.1, 0.15) is 16.9 Å². The van der Waals surface area contributed by atoms with E-state index in [1.54, 1.807) is 42.5 Å². The second-order valence-corrected chi connectivity index (χ2v) is 9.63. The van der Waals surface area contributed by atoms with Gasteiger partial charge in [0.15, 0.2) is 0 Å². The molecule has 1 fully saturated rings. The molecule has 34 heavy (non-hydrogen) atoms. The van der Waals surface area contributed by atoms with E-state index in [0.717, 1.165) is 11.1 Å². The van der Waals surface area contributed by atoms with Crippen molar-refractivity contribution >= 4 is 52.5 Å². The van der Waals surface area contributed by atoms with Gasteiger partial charge in [0.05, 0.1) is 28.1 Å². The maximum atomic E-state index is 13.5. The highest BCUT2D eigenvalue weighted by atomic mass is 35.5. The highest BCUT2D eigenvalue weighted by Gasteiger charge is 2.40. The Morgan fingerprint density at radius 2 is 1.94 bits per heavy atom. The number of amides is 2. The van der Waals surface area contributed by atoms with Gasteiger partial charge in [0, 0.05) is 5.69 Å². The van der Waals surface area contributed by atoms with Crippen LogP contribution in [-0.4, -0.2) is 17.1 Å². The molecule has 4 rings (SSSR count). The van der Waals surface area contributed by atoms with Gasteiger partial charge in [0.25, 0.3) is 5.91 Å². The fourth-order valence-electron chi connectivity index (χ4n) is 3.47. The number of nitrogens with zero attached hydrogens (tertiary/aromatic N) is 2. The molecule has 1 atom stereocenters. The minimum absolute atomic E-state index is 0.125. The second kappa shape index (κ2) is 10.4. The first kappa shape index (κ1) is 24.0. The van der Waals surface area contributed by atoms with Crippen LogP contribution in [0.3, 0.4) is 0 Å². The van der Waals surface area contributed by atoms with Crippen LogP contribution in [0.25, 0.3) is 0 Å². The summed E-state index contributed by atoms with van der Waals surface area (Å²) < 4.78 is 5.24. The van der Waals surface area contributed by atoms with Crippen molar-refractivity contribution in [1.82, 2.24) is 5.32 Å². The van der Waals surface area contributed by atoms with Gasteiger partial charge in [-0.2, -0.15) is 5.26 Å². The Hall–Kier alpha value is -3.18. The van der Waals surface area contributed by atoms with E-state index in [0.29, 0.717) is 32.9 Å². The molecule has 6 nitrogen and oxygen atoms in total. The molecule has 0 spiro atoms. The van der Waals surface area contributed by atoms with Crippen molar-refractivity contribution in [1.29, 1.82) is 5.26 Å². The molecule has 1 unspecified atom stereocenters. The lowest BCUT2D eigenvalue weighted by atomic mass is 10.1. The lowest BCUT2D eigenvalue weighted by molar-refractivity contribution is -0.117. The average molecular weight is 512 g/mol. The molecule has 1 N–H and O–H groups in total. The topological polar surface area (TPSA) is 86.3 Å². The molecule has 9 heteroatoms. The van der Waals surface area contributed by atoms with E-state index in [1.165, 1.54) is 22.9 Å². The molecule has 172 valence electrons. The number of rotatable bonds is 6. The van der Waals surface area contributed by atoms with Gasteiger partial charge in [-0.15, -0.1) is 0 Å². The Bertz CT molecular complexity index is 1300. The molecular weight excluding hydrogens is 493 g/mol. The summed E-state index contributed by atoms with van der Waals surface area (Å²) in [5.41, 5.74) is 2.30. The lowest BCUT2D eigenvalue weighted by Gasteiger charge is -2.19. The quantitative estimate of drug-likeness (QED) is 0.342. The van der Waals surface area contributed by atoms with Gasteiger partial charge in [0.2, 0.25) is 5.91 Å². The van der Waals surface area contributed by atoms with E-state index >= 15 is 0 Å². The molecule has 1 aliphatic rings. The number of hydrogen-bond acceptors (Lipinski definition) is 5. The highest BCUT2D eigenvalue weighted by molar-refractivity contribution is 8.05. The molecule has 0 saturated carbocycles. The van der Waals surface area contributed by atoms with Crippen LogP contribution >= 0.6 is 35.0 Å². The number of thioether (sulfide) groups is 1. The first-order valence-corrected chi connectivity index (χ1v) is 12.0. The molecule has 3 aromatic rings. The molecule has 1 aliphatic heterocycles. The summed E-state index contributed by atoms with van der Waals surface area (Å²) in [6, 6.07) is 18.0. The van der Waals surface area contributed by atoms with Crippen LogP contribution in [-0.2, 0) is 22.6 Å². The number of nitriles is 1. The third kappa shape index (κ3) is 5.15. The SMILES string of the molecule is Cc1ccc(N2C(=O)C(Cc3ccc(Cl)c(Cl)c3)SC2=C(C#N)C(=O)NCc2ccco2)cc1. The number of nitrogens with one attached hydrogen (secondary N) is 1. The largest absolute Gasteiger partial charge is 0.467 e. The van der Waals surface area contributed by atoms with E-state index in [2.05, 4.69) is 5.32 Å². The van der Waals surface area contributed by atoms with Gasteiger partial charge in [-0.05, 0) is 55.3 Å². The maximum absolute atomic E-state index is 13.5. The third-order valence-electron chi connectivity index (χ3n) is 5.21. The number of halogens is 2. The second-order valence-electron chi connectivity index (χ2n) is 7.62. The molecule has 0 radical (unpaired) electrons. The van der Waals surface area contributed by atoms with Gasteiger partial charge < -0.3 is 9.73 Å². The normalized spacial score (nSPS) is 16.9. The van der Waals surface area contributed by atoms with Crippen molar-refractivity contribution < 1.29 is 14.0 Å². The van der Waals surface area contributed by atoms with E-state index < -0.39 is 11.2 Å². The van der Waals surface area contributed by atoms with Gasteiger partial charge >= 0.3 is 0 Å². The summed E-state index contributed by atoms with van der Waals surface area (Å²) >= 11 is 13.4. The predicted octanol–water partition coefficient (Wildman–Crippen LogP) is 5.64. The minimum atomic E-state index is -0.582. The van der Waals surface area contributed by atoms with Gasteiger partial charge in [-0.3, -0.25) is 14.5 Å². The Kier molecular flexibility index (Phi) is 7.32. The monoisotopic (exact) mass is 511 g/mol. The summed E-state index contributed by atoms with van der Waals surface area (Å²) in [6.07, 6.45) is 1.86. The molecule has 2 aromatic carbocycles. The van der Waals surface area contributed by atoms with Crippen molar-refractivity contribution in [2.45, 2.75) is 25.1 Å². The fourth-order valence-corrected chi connectivity index (χ4v) is 5.09. The zero-order chi connectivity index (χ0) is 24.2. The lowest BCUT2D eigenvalue weighted by Crippen LogP contribution is -2.32. The van der Waals surface area contributed by atoms with Crippen LogP contribution in [0, 0.1) is 18.3 Å². The smallest absolute Gasteiger partial charge is 0.265 e. The first-order valence-electron chi connectivity index (χ1n) is 10.3. The van der Waals surface area contributed by atoms with Crippen molar-refractivity contribution in [3.8, 4) is 6.07 Å². The van der Waals surface area contributed by atoms with E-state index in [-0.39, 0.29) is 18.0 Å². The van der Waals surface area contributed by atoms with Crippen LogP contribution < -0.4 is 10.2 Å². The molecule has 1 saturated heterocycles. The third-order valence-corrected chi connectivity index (χ3v) is 7.21. The molecule has 0 aliphatic carbocycles. The van der Waals surface area contributed by atoms with Crippen molar-refractivity contribution in [3.63, 3.8) is 0 Å². The standard InChI is InChI=1S/C25H19Cl2N3O3S/c1-15-4-7-17(8-5-15)30-24(32)22(12-16-6-9-20(26)21(27)11-16)34-25(30)19(13-28)23(31)29-14-18-3-2-10-33-18/h2-11,22H,12,14H2,1H3,(H,29,31). The van der Waals surface area contributed by atoms with Crippen LogP contribution in [0.5, 0.6) is 0 Å². The summed E-state index contributed by atoms with van der Waals surface area (Å²) in [5.74, 6) is -0.248. The van der Waals surface area contributed by atoms with E-state index in [4.69, 9.17) is 27.6 Å². The van der Waals surface area contributed by atoms with E-state index in [1.807, 2.05) is 25.1 Å². The van der Waals surface area contributed by atoms with Gasteiger partial charge in [0.1, 0.15) is 22.4 Å². The number of carbonyl (C=O) groups is 2. The number of aryl methyl sites for hydroxylation is 1. The number of anilines is 1. The summed E-state index contributed by atoms with van der Waals surface area (Å²) in [5, 5.41) is 13.1. The number of furan rings is 1. The van der Waals surface area contributed by atoms with Gasteiger partial charge in [-0.25, -0.2) is 0 Å². The molecule has 2 heterocycles.